The molecule has 0 saturated heterocycles. The number of benzene rings is 2. The molecule has 148 valence electrons. The van der Waals surface area contributed by atoms with Gasteiger partial charge in [0.2, 0.25) is 0 Å². The Labute approximate surface area is 172 Å². The Hall–Kier alpha value is -2.26. The molecule has 1 aliphatic rings. The number of aliphatic carboxylic acids is 1. The molecule has 2 aromatic carbocycles. The van der Waals surface area contributed by atoms with Gasteiger partial charge in [0, 0.05) is 11.4 Å². The third kappa shape index (κ3) is 4.96. The summed E-state index contributed by atoms with van der Waals surface area (Å²) in [6, 6.07) is 12.0. The molecule has 3 nitrogen and oxygen atoms in total. The standard InChI is InChI=1S/C24H27ClO3/c1-16-17(2)23(12-10-18(16)11-13-24(26)27)28-15-20-6-3-4-9-22(20)19-7-5-8-21(25)14-19/h5,7-8,10,12,14H,3-4,6,9,11,13,15H2,1-2H3,(H,26,27). The van der Waals surface area contributed by atoms with E-state index >= 15 is 0 Å². The first-order valence-corrected chi connectivity index (χ1v) is 10.2. The second-order valence-corrected chi connectivity index (χ2v) is 7.89. The molecule has 4 heteroatoms. The fourth-order valence-corrected chi connectivity index (χ4v) is 4.03. The molecular weight excluding hydrogens is 372 g/mol. The summed E-state index contributed by atoms with van der Waals surface area (Å²) in [4.78, 5) is 10.8. The van der Waals surface area contributed by atoms with E-state index in [1.54, 1.807) is 0 Å². The Balaban J connectivity index is 1.78. The largest absolute Gasteiger partial charge is 0.489 e. The van der Waals surface area contributed by atoms with Gasteiger partial charge in [-0.2, -0.15) is 0 Å². The highest BCUT2D eigenvalue weighted by Crippen LogP contribution is 2.34. The van der Waals surface area contributed by atoms with E-state index in [9.17, 15) is 4.79 Å². The van der Waals surface area contributed by atoms with E-state index < -0.39 is 5.97 Å². The molecule has 28 heavy (non-hydrogen) atoms. The van der Waals surface area contributed by atoms with Gasteiger partial charge in [-0.1, -0.05) is 29.8 Å². The number of rotatable bonds is 7. The number of aryl methyl sites for hydroxylation is 1. The molecule has 1 N–H and O–H groups in total. The molecule has 0 heterocycles. The van der Waals surface area contributed by atoms with Gasteiger partial charge in [-0.15, -0.1) is 0 Å². The van der Waals surface area contributed by atoms with Crippen LogP contribution in [0.1, 0.15) is 54.4 Å². The predicted molar refractivity (Wildman–Crippen MR) is 114 cm³/mol. The van der Waals surface area contributed by atoms with Crippen molar-refractivity contribution in [2.24, 2.45) is 0 Å². The zero-order chi connectivity index (χ0) is 20.1. The maximum Gasteiger partial charge on any atom is 0.303 e. The quantitative estimate of drug-likeness (QED) is 0.588. The van der Waals surface area contributed by atoms with Crippen LogP contribution < -0.4 is 4.74 Å². The van der Waals surface area contributed by atoms with E-state index in [1.807, 2.05) is 44.2 Å². The van der Waals surface area contributed by atoms with Crippen molar-refractivity contribution in [2.45, 2.75) is 52.4 Å². The lowest BCUT2D eigenvalue weighted by Crippen LogP contribution is -2.09. The molecule has 2 aromatic rings. The van der Waals surface area contributed by atoms with Gasteiger partial charge in [-0.3, -0.25) is 4.79 Å². The number of ether oxygens (including phenoxy) is 1. The van der Waals surface area contributed by atoms with Crippen LogP contribution in [0.5, 0.6) is 5.75 Å². The zero-order valence-electron chi connectivity index (χ0n) is 16.6. The monoisotopic (exact) mass is 398 g/mol. The summed E-state index contributed by atoms with van der Waals surface area (Å²) in [5.41, 5.74) is 7.18. The second-order valence-electron chi connectivity index (χ2n) is 7.45. The van der Waals surface area contributed by atoms with Crippen LogP contribution in [0, 0.1) is 13.8 Å². The maximum absolute atomic E-state index is 10.8. The highest BCUT2D eigenvalue weighted by molar-refractivity contribution is 6.30. The van der Waals surface area contributed by atoms with Crippen LogP contribution in [-0.2, 0) is 11.2 Å². The van der Waals surface area contributed by atoms with Gasteiger partial charge in [0.05, 0.1) is 0 Å². The number of hydrogen-bond donors (Lipinski definition) is 1. The van der Waals surface area contributed by atoms with Crippen molar-refractivity contribution in [2.75, 3.05) is 6.61 Å². The van der Waals surface area contributed by atoms with Crippen LogP contribution in [0.25, 0.3) is 5.57 Å². The minimum Gasteiger partial charge on any atom is -0.489 e. The molecule has 0 spiro atoms. The van der Waals surface area contributed by atoms with E-state index in [2.05, 4.69) is 6.07 Å². The number of carbonyl (C=O) groups is 1. The lowest BCUT2D eigenvalue weighted by Gasteiger charge is -2.22. The third-order valence-corrected chi connectivity index (χ3v) is 5.85. The smallest absolute Gasteiger partial charge is 0.303 e. The van der Waals surface area contributed by atoms with E-state index in [-0.39, 0.29) is 6.42 Å². The minimum absolute atomic E-state index is 0.149. The number of carboxylic acids is 1. The van der Waals surface area contributed by atoms with Gasteiger partial charge in [0.25, 0.3) is 0 Å². The molecule has 0 saturated carbocycles. The molecule has 0 fully saturated rings. The molecule has 0 atom stereocenters. The fraction of sp³-hybridized carbons (Fsp3) is 0.375. The SMILES string of the molecule is Cc1c(CCC(=O)O)ccc(OCC2=C(c3cccc(Cl)c3)CCCC2)c1C. The number of allylic oxidation sites excluding steroid dienone is 1. The Morgan fingerprint density at radius 1 is 1.11 bits per heavy atom. The molecular formula is C24H27ClO3. The van der Waals surface area contributed by atoms with Crippen LogP contribution in [-0.4, -0.2) is 17.7 Å². The van der Waals surface area contributed by atoms with Gasteiger partial charge in [-0.05, 0) is 97.6 Å². The molecule has 0 bridgehead atoms. The first-order chi connectivity index (χ1) is 13.5. The van der Waals surface area contributed by atoms with Crippen molar-refractivity contribution < 1.29 is 14.6 Å². The Kier molecular flexibility index (Phi) is 6.79. The van der Waals surface area contributed by atoms with E-state index in [4.69, 9.17) is 21.4 Å². The summed E-state index contributed by atoms with van der Waals surface area (Å²) < 4.78 is 6.21. The van der Waals surface area contributed by atoms with Crippen molar-refractivity contribution in [1.29, 1.82) is 0 Å². The highest BCUT2D eigenvalue weighted by atomic mass is 35.5. The van der Waals surface area contributed by atoms with Crippen LogP contribution in [0.15, 0.2) is 42.0 Å². The molecule has 0 radical (unpaired) electrons. The van der Waals surface area contributed by atoms with Crippen LogP contribution >= 0.6 is 11.6 Å². The van der Waals surface area contributed by atoms with Crippen LogP contribution in [0.2, 0.25) is 5.02 Å². The molecule has 0 aliphatic heterocycles. The normalized spacial score (nSPS) is 14.2. The molecule has 3 rings (SSSR count). The van der Waals surface area contributed by atoms with Gasteiger partial charge >= 0.3 is 5.97 Å². The zero-order valence-corrected chi connectivity index (χ0v) is 17.3. The van der Waals surface area contributed by atoms with Gasteiger partial charge < -0.3 is 9.84 Å². The van der Waals surface area contributed by atoms with E-state index in [0.29, 0.717) is 13.0 Å². The van der Waals surface area contributed by atoms with E-state index in [1.165, 1.54) is 29.6 Å². The van der Waals surface area contributed by atoms with Gasteiger partial charge in [-0.25, -0.2) is 0 Å². The predicted octanol–water partition coefficient (Wildman–Crippen LogP) is 6.38. The second kappa shape index (κ2) is 9.29. The molecule has 1 aliphatic carbocycles. The summed E-state index contributed by atoms with van der Waals surface area (Å²) in [7, 11) is 0. The summed E-state index contributed by atoms with van der Waals surface area (Å²) >= 11 is 6.19. The van der Waals surface area contributed by atoms with Gasteiger partial charge in [0.15, 0.2) is 0 Å². The molecule has 0 unspecified atom stereocenters. The Morgan fingerprint density at radius 2 is 1.89 bits per heavy atom. The van der Waals surface area contributed by atoms with Crippen molar-refractivity contribution in [3.8, 4) is 5.75 Å². The molecule has 0 aromatic heterocycles. The average molecular weight is 399 g/mol. The highest BCUT2D eigenvalue weighted by Gasteiger charge is 2.16. The lowest BCUT2D eigenvalue weighted by molar-refractivity contribution is -0.136. The third-order valence-electron chi connectivity index (χ3n) is 5.61. The van der Waals surface area contributed by atoms with E-state index in [0.717, 1.165) is 40.3 Å². The molecule has 0 amide bonds. The minimum atomic E-state index is -0.768. The topological polar surface area (TPSA) is 46.5 Å². The first kappa shape index (κ1) is 20.5. The van der Waals surface area contributed by atoms with Crippen molar-refractivity contribution >= 4 is 23.1 Å². The average Bonchev–Trinajstić information content (AvgIpc) is 2.68. The summed E-state index contributed by atoms with van der Waals surface area (Å²) in [6.45, 7) is 4.66. The van der Waals surface area contributed by atoms with Crippen molar-refractivity contribution in [3.63, 3.8) is 0 Å². The van der Waals surface area contributed by atoms with Crippen molar-refractivity contribution in [3.05, 3.63) is 69.2 Å². The van der Waals surface area contributed by atoms with Crippen molar-refractivity contribution in [1.82, 2.24) is 0 Å². The maximum atomic E-state index is 10.8. The lowest BCUT2D eigenvalue weighted by atomic mass is 9.87. The Bertz CT molecular complexity index is 899. The summed E-state index contributed by atoms with van der Waals surface area (Å²) in [6.07, 6.45) is 5.20. The Morgan fingerprint density at radius 3 is 2.64 bits per heavy atom. The summed E-state index contributed by atoms with van der Waals surface area (Å²) in [5, 5.41) is 9.68. The number of halogens is 1. The first-order valence-electron chi connectivity index (χ1n) is 9.86. The summed E-state index contributed by atoms with van der Waals surface area (Å²) in [5.74, 6) is 0.107. The number of hydrogen-bond acceptors (Lipinski definition) is 2. The fourth-order valence-electron chi connectivity index (χ4n) is 3.84. The number of carboxylic acid groups (broad SMARTS) is 1. The van der Waals surface area contributed by atoms with Crippen LogP contribution in [0.4, 0.5) is 0 Å². The van der Waals surface area contributed by atoms with Gasteiger partial charge in [0.1, 0.15) is 12.4 Å². The van der Waals surface area contributed by atoms with Crippen LogP contribution in [0.3, 0.4) is 0 Å².